The van der Waals surface area contributed by atoms with Gasteiger partial charge in [-0.15, -0.1) is 6.42 Å². The molecule has 2 aromatic carbocycles. The van der Waals surface area contributed by atoms with E-state index in [1.54, 1.807) is 0 Å². The molecule has 0 aliphatic carbocycles. The zero-order chi connectivity index (χ0) is 11.2. The standard InChI is InChI=1S/C16H12/c1-2-15-10-6-7-11-16(15)13-12-14-8-4-3-5-9-14/h1,3-13H/b13-12-. The summed E-state index contributed by atoms with van der Waals surface area (Å²) in [7, 11) is 0. The summed E-state index contributed by atoms with van der Waals surface area (Å²) in [5, 5.41) is 0. The Morgan fingerprint density at radius 2 is 1.50 bits per heavy atom. The molecule has 0 atom stereocenters. The Kier molecular flexibility index (Phi) is 3.21. The average Bonchev–Trinajstić information content (AvgIpc) is 2.38. The predicted octanol–water partition coefficient (Wildman–Crippen LogP) is 3.84. The van der Waals surface area contributed by atoms with Crippen molar-refractivity contribution in [2.45, 2.75) is 0 Å². The van der Waals surface area contributed by atoms with Crippen molar-refractivity contribution < 1.29 is 0 Å². The Labute approximate surface area is 96.3 Å². The number of rotatable bonds is 2. The lowest BCUT2D eigenvalue weighted by Crippen LogP contribution is -1.79. The van der Waals surface area contributed by atoms with Crippen molar-refractivity contribution in [3.05, 3.63) is 71.3 Å². The van der Waals surface area contributed by atoms with Crippen LogP contribution in [0, 0.1) is 12.3 Å². The highest BCUT2D eigenvalue weighted by molar-refractivity contribution is 5.72. The van der Waals surface area contributed by atoms with Crippen LogP contribution in [0.2, 0.25) is 0 Å². The molecule has 0 nitrogen and oxygen atoms in total. The van der Waals surface area contributed by atoms with E-state index in [9.17, 15) is 0 Å². The van der Waals surface area contributed by atoms with E-state index in [1.807, 2.05) is 48.5 Å². The molecule has 0 bridgehead atoms. The molecule has 0 saturated carbocycles. The van der Waals surface area contributed by atoms with Crippen molar-refractivity contribution in [3.8, 4) is 12.3 Å². The smallest absolute Gasteiger partial charge is 0.0315 e. The molecule has 0 heterocycles. The van der Waals surface area contributed by atoms with Gasteiger partial charge in [0, 0.05) is 5.56 Å². The van der Waals surface area contributed by atoms with Gasteiger partial charge in [0.1, 0.15) is 0 Å². The van der Waals surface area contributed by atoms with Crippen LogP contribution in [0.5, 0.6) is 0 Å². The largest absolute Gasteiger partial charge is 0.115 e. The minimum Gasteiger partial charge on any atom is -0.115 e. The molecule has 0 unspecified atom stereocenters. The molecular formula is C16H12. The Balaban J connectivity index is 2.28. The van der Waals surface area contributed by atoms with Gasteiger partial charge in [0.25, 0.3) is 0 Å². The second kappa shape index (κ2) is 5.00. The van der Waals surface area contributed by atoms with Crippen LogP contribution in [-0.4, -0.2) is 0 Å². The third-order valence-corrected chi connectivity index (χ3v) is 2.37. The van der Waals surface area contributed by atoms with Gasteiger partial charge < -0.3 is 0 Å². The lowest BCUT2D eigenvalue weighted by Gasteiger charge is -1.97. The van der Waals surface area contributed by atoms with Gasteiger partial charge in [-0.3, -0.25) is 0 Å². The fourth-order valence-electron chi connectivity index (χ4n) is 1.52. The zero-order valence-electron chi connectivity index (χ0n) is 8.93. The molecule has 0 N–H and O–H groups in total. The van der Waals surface area contributed by atoms with Crippen LogP contribution in [0.1, 0.15) is 16.7 Å². The lowest BCUT2D eigenvalue weighted by atomic mass is 10.1. The van der Waals surface area contributed by atoms with Crippen LogP contribution in [0.4, 0.5) is 0 Å². The fourth-order valence-corrected chi connectivity index (χ4v) is 1.52. The molecule has 16 heavy (non-hydrogen) atoms. The molecule has 0 heteroatoms. The maximum absolute atomic E-state index is 5.44. The van der Waals surface area contributed by atoms with E-state index in [4.69, 9.17) is 6.42 Å². The molecule has 0 aromatic heterocycles. The number of hydrogen-bond donors (Lipinski definition) is 0. The second-order valence-corrected chi connectivity index (χ2v) is 3.48. The Bertz CT molecular complexity index is 527. The van der Waals surface area contributed by atoms with Gasteiger partial charge in [-0.2, -0.15) is 0 Å². The summed E-state index contributed by atoms with van der Waals surface area (Å²) in [5.74, 6) is 2.68. The van der Waals surface area contributed by atoms with E-state index >= 15 is 0 Å². The summed E-state index contributed by atoms with van der Waals surface area (Å²) in [6.45, 7) is 0. The molecule has 76 valence electrons. The van der Waals surface area contributed by atoms with Crippen LogP contribution in [0.3, 0.4) is 0 Å². The number of terminal acetylenes is 1. The van der Waals surface area contributed by atoms with E-state index in [2.05, 4.69) is 24.1 Å². The van der Waals surface area contributed by atoms with E-state index in [0.29, 0.717) is 0 Å². The highest BCUT2D eigenvalue weighted by atomic mass is 14.0. The molecule has 2 aromatic rings. The minimum absolute atomic E-state index is 0.926. The van der Waals surface area contributed by atoms with Gasteiger partial charge in [-0.1, -0.05) is 66.6 Å². The normalized spacial score (nSPS) is 10.2. The van der Waals surface area contributed by atoms with Crippen molar-refractivity contribution in [3.63, 3.8) is 0 Å². The van der Waals surface area contributed by atoms with Gasteiger partial charge >= 0.3 is 0 Å². The predicted molar refractivity (Wildman–Crippen MR) is 69.7 cm³/mol. The Morgan fingerprint density at radius 3 is 2.25 bits per heavy atom. The maximum Gasteiger partial charge on any atom is 0.0315 e. The van der Waals surface area contributed by atoms with Crippen molar-refractivity contribution in [2.24, 2.45) is 0 Å². The molecule has 2 rings (SSSR count). The quantitative estimate of drug-likeness (QED) is 0.515. The van der Waals surface area contributed by atoms with E-state index < -0.39 is 0 Å². The summed E-state index contributed by atoms with van der Waals surface area (Å²) >= 11 is 0. The van der Waals surface area contributed by atoms with Crippen molar-refractivity contribution in [2.75, 3.05) is 0 Å². The minimum atomic E-state index is 0.926. The first-order valence-electron chi connectivity index (χ1n) is 5.19. The van der Waals surface area contributed by atoms with E-state index in [-0.39, 0.29) is 0 Å². The second-order valence-electron chi connectivity index (χ2n) is 3.48. The Hall–Kier alpha value is -2.26. The van der Waals surface area contributed by atoms with Gasteiger partial charge in [0.15, 0.2) is 0 Å². The summed E-state index contributed by atoms with van der Waals surface area (Å²) < 4.78 is 0. The van der Waals surface area contributed by atoms with Gasteiger partial charge in [0.05, 0.1) is 0 Å². The number of benzene rings is 2. The third-order valence-electron chi connectivity index (χ3n) is 2.37. The summed E-state index contributed by atoms with van der Waals surface area (Å²) in [4.78, 5) is 0. The Morgan fingerprint density at radius 1 is 0.812 bits per heavy atom. The molecule has 0 amide bonds. The van der Waals surface area contributed by atoms with Crippen LogP contribution in [0.25, 0.3) is 12.2 Å². The first-order chi connectivity index (χ1) is 7.90. The molecule has 0 aliphatic heterocycles. The first-order valence-corrected chi connectivity index (χ1v) is 5.19. The molecular weight excluding hydrogens is 192 g/mol. The van der Waals surface area contributed by atoms with Gasteiger partial charge in [-0.25, -0.2) is 0 Å². The van der Waals surface area contributed by atoms with Crippen molar-refractivity contribution in [1.82, 2.24) is 0 Å². The van der Waals surface area contributed by atoms with Gasteiger partial charge in [-0.05, 0) is 17.2 Å². The highest BCUT2D eigenvalue weighted by Gasteiger charge is 1.93. The maximum atomic E-state index is 5.44. The van der Waals surface area contributed by atoms with E-state index in [1.165, 1.54) is 5.56 Å². The number of hydrogen-bond acceptors (Lipinski definition) is 0. The molecule has 0 aliphatic rings. The zero-order valence-corrected chi connectivity index (χ0v) is 8.93. The fraction of sp³-hybridized carbons (Fsp3) is 0. The monoisotopic (exact) mass is 204 g/mol. The topological polar surface area (TPSA) is 0 Å². The van der Waals surface area contributed by atoms with Crippen LogP contribution >= 0.6 is 0 Å². The third kappa shape index (κ3) is 2.40. The molecule has 0 fully saturated rings. The SMILES string of the molecule is C#Cc1ccccc1/C=C\c1ccccc1. The highest BCUT2D eigenvalue weighted by Crippen LogP contribution is 2.12. The van der Waals surface area contributed by atoms with Crippen LogP contribution < -0.4 is 0 Å². The first kappa shape index (κ1) is 10.3. The molecule has 0 spiro atoms. The summed E-state index contributed by atoms with van der Waals surface area (Å²) in [5.41, 5.74) is 3.18. The van der Waals surface area contributed by atoms with Crippen molar-refractivity contribution >= 4 is 12.2 Å². The summed E-state index contributed by atoms with van der Waals surface area (Å²) in [6, 6.07) is 18.1. The van der Waals surface area contributed by atoms with Crippen LogP contribution in [-0.2, 0) is 0 Å². The van der Waals surface area contributed by atoms with Crippen LogP contribution in [0.15, 0.2) is 54.6 Å². The summed E-state index contributed by atoms with van der Waals surface area (Å²) in [6.07, 6.45) is 9.55. The molecule has 0 saturated heterocycles. The van der Waals surface area contributed by atoms with Crippen molar-refractivity contribution in [1.29, 1.82) is 0 Å². The molecule has 0 radical (unpaired) electrons. The average molecular weight is 204 g/mol. The van der Waals surface area contributed by atoms with Gasteiger partial charge in [0.2, 0.25) is 0 Å². The lowest BCUT2D eigenvalue weighted by molar-refractivity contribution is 1.60. The van der Waals surface area contributed by atoms with E-state index in [0.717, 1.165) is 11.1 Å².